The van der Waals surface area contributed by atoms with Gasteiger partial charge in [-0.15, -0.1) is 0 Å². The molecule has 0 aromatic heterocycles. The van der Waals surface area contributed by atoms with Gasteiger partial charge in [0.25, 0.3) is 5.69 Å². The zero-order valence-corrected chi connectivity index (χ0v) is 11.3. The molecule has 0 saturated heterocycles. The van der Waals surface area contributed by atoms with Gasteiger partial charge in [0.05, 0.1) is 4.92 Å². The minimum atomic E-state index is -0.832. The number of hydrogen-bond donors (Lipinski definition) is 1. The minimum Gasteiger partial charge on any atom is -0.459 e. The molecule has 0 spiro atoms. The Balaban J connectivity index is 2.71. The van der Waals surface area contributed by atoms with Crippen molar-refractivity contribution < 1.29 is 14.5 Å². The van der Waals surface area contributed by atoms with Crippen LogP contribution in [-0.2, 0) is 16.0 Å². The molecule has 0 aliphatic carbocycles. The van der Waals surface area contributed by atoms with E-state index < -0.39 is 22.5 Å². The standard InChI is InChI=1S/C13H18N2O4/c1-13(2,3)19-12(16)11(14)8-9-5-4-6-10(7-9)15(17)18/h4-7,11H,8,14H2,1-3H3. The molecule has 0 heterocycles. The fourth-order valence-corrected chi connectivity index (χ4v) is 1.51. The number of nitrogens with two attached hydrogens (primary N) is 1. The lowest BCUT2D eigenvalue weighted by Crippen LogP contribution is -2.38. The van der Waals surface area contributed by atoms with Gasteiger partial charge in [-0.05, 0) is 32.8 Å². The molecule has 1 aromatic carbocycles. The Morgan fingerprint density at radius 3 is 2.63 bits per heavy atom. The molecule has 6 heteroatoms. The van der Waals surface area contributed by atoms with E-state index in [2.05, 4.69) is 0 Å². The Labute approximate surface area is 111 Å². The molecule has 1 rings (SSSR count). The second-order valence-corrected chi connectivity index (χ2v) is 5.27. The van der Waals surface area contributed by atoms with Crippen molar-refractivity contribution in [3.05, 3.63) is 39.9 Å². The third-order valence-electron chi connectivity index (χ3n) is 2.29. The van der Waals surface area contributed by atoms with Crippen LogP contribution in [0.2, 0.25) is 0 Å². The van der Waals surface area contributed by atoms with E-state index in [1.807, 2.05) is 0 Å². The highest BCUT2D eigenvalue weighted by Gasteiger charge is 2.22. The number of rotatable bonds is 4. The van der Waals surface area contributed by atoms with Crippen molar-refractivity contribution in [3.63, 3.8) is 0 Å². The van der Waals surface area contributed by atoms with Crippen LogP contribution in [0.5, 0.6) is 0 Å². The van der Waals surface area contributed by atoms with Crippen LogP contribution in [-0.4, -0.2) is 22.5 Å². The van der Waals surface area contributed by atoms with Crippen molar-refractivity contribution in [2.45, 2.75) is 38.8 Å². The highest BCUT2D eigenvalue weighted by molar-refractivity contribution is 5.76. The molecule has 0 fully saturated rings. The third kappa shape index (κ3) is 5.05. The lowest BCUT2D eigenvalue weighted by molar-refractivity contribution is -0.384. The number of ether oxygens (including phenoxy) is 1. The number of nitro groups is 1. The topological polar surface area (TPSA) is 95.5 Å². The van der Waals surface area contributed by atoms with E-state index in [1.54, 1.807) is 32.9 Å². The van der Waals surface area contributed by atoms with Crippen LogP contribution in [0.3, 0.4) is 0 Å². The first kappa shape index (κ1) is 15.1. The molecule has 0 radical (unpaired) electrons. The van der Waals surface area contributed by atoms with Gasteiger partial charge in [-0.3, -0.25) is 14.9 Å². The molecular weight excluding hydrogens is 248 g/mol. The van der Waals surface area contributed by atoms with Crippen LogP contribution in [0.15, 0.2) is 24.3 Å². The Hall–Kier alpha value is -1.95. The van der Waals surface area contributed by atoms with E-state index in [-0.39, 0.29) is 12.1 Å². The number of non-ortho nitro benzene ring substituents is 1. The van der Waals surface area contributed by atoms with Gasteiger partial charge in [0.2, 0.25) is 0 Å². The van der Waals surface area contributed by atoms with Crippen LogP contribution in [0.1, 0.15) is 26.3 Å². The summed E-state index contributed by atoms with van der Waals surface area (Å²) < 4.78 is 5.15. The Bertz CT molecular complexity index is 480. The van der Waals surface area contributed by atoms with E-state index in [0.29, 0.717) is 5.56 Å². The van der Waals surface area contributed by atoms with E-state index >= 15 is 0 Å². The lowest BCUT2D eigenvalue weighted by Gasteiger charge is -2.22. The molecule has 0 saturated carbocycles. The number of nitro benzene ring substituents is 1. The normalized spacial score (nSPS) is 12.8. The quantitative estimate of drug-likeness (QED) is 0.509. The maximum atomic E-state index is 11.7. The van der Waals surface area contributed by atoms with Gasteiger partial charge in [0.1, 0.15) is 11.6 Å². The van der Waals surface area contributed by atoms with Crippen molar-refractivity contribution >= 4 is 11.7 Å². The molecule has 0 bridgehead atoms. The molecule has 19 heavy (non-hydrogen) atoms. The Morgan fingerprint density at radius 1 is 1.47 bits per heavy atom. The summed E-state index contributed by atoms with van der Waals surface area (Å²) in [5, 5.41) is 10.6. The first-order chi connectivity index (χ1) is 8.69. The Morgan fingerprint density at radius 2 is 2.11 bits per heavy atom. The van der Waals surface area contributed by atoms with Gasteiger partial charge >= 0.3 is 5.97 Å². The van der Waals surface area contributed by atoms with Gasteiger partial charge in [-0.25, -0.2) is 0 Å². The summed E-state index contributed by atoms with van der Waals surface area (Å²) in [4.78, 5) is 21.9. The molecule has 6 nitrogen and oxygen atoms in total. The van der Waals surface area contributed by atoms with Crippen molar-refractivity contribution in [3.8, 4) is 0 Å². The van der Waals surface area contributed by atoms with Crippen LogP contribution in [0, 0.1) is 10.1 Å². The molecule has 1 unspecified atom stereocenters. The third-order valence-corrected chi connectivity index (χ3v) is 2.29. The first-order valence-electron chi connectivity index (χ1n) is 5.91. The van der Waals surface area contributed by atoms with Gasteiger partial charge < -0.3 is 10.5 Å². The number of hydrogen-bond acceptors (Lipinski definition) is 5. The SMILES string of the molecule is CC(C)(C)OC(=O)C(N)Cc1cccc([N+](=O)[O-])c1. The largest absolute Gasteiger partial charge is 0.459 e. The van der Waals surface area contributed by atoms with Gasteiger partial charge in [-0.1, -0.05) is 12.1 Å². The van der Waals surface area contributed by atoms with Gasteiger partial charge in [-0.2, -0.15) is 0 Å². The zero-order chi connectivity index (χ0) is 14.6. The minimum absolute atomic E-state index is 0.0195. The van der Waals surface area contributed by atoms with E-state index in [0.717, 1.165) is 0 Å². The van der Waals surface area contributed by atoms with Crippen molar-refractivity contribution in [2.24, 2.45) is 5.73 Å². The summed E-state index contributed by atoms with van der Waals surface area (Å²) >= 11 is 0. The average molecular weight is 266 g/mol. The monoisotopic (exact) mass is 266 g/mol. The molecule has 104 valence electrons. The predicted octanol–water partition coefficient (Wildman–Crippen LogP) is 1.81. The second-order valence-electron chi connectivity index (χ2n) is 5.27. The van der Waals surface area contributed by atoms with Crippen LogP contribution >= 0.6 is 0 Å². The van der Waals surface area contributed by atoms with Gasteiger partial charge in [0, 0.05) is 12.1 Å². The summed E-state index contributed by atoms with van der Waals surface area (Å²) in [5.41, 5.74) is 5.75. The number of nitrogens with zero attached hydrogens (tertiary/aromatic N) is 1. The maximum absolute atomic E-state index is 11.7. The predicted molar refractivity (Wildman–Crippen MR) is 70.6 cm³/mol. The Kier molecular flexibility index (Phi) is 4.61. The number of carbonyl (C=O) groups excluding carboxylic acids is 1. The number of esters is 1. The van der Waals surface area contributed by atoms with E-state index in [4.69, 9.17) is 10.5 Å². The maximum Gasteiger partial charge on any atom is 0.323 e. The van der Waals surface area contributed by atoms with Crippen molar-refractivity contribution in [2.75, 3.05) is 0 Å². The number of benzene rings is 1. The van der Waals surface area contributed by atoms with Gasteiger partial charge in [0.15, 0.2) is 0 Å². The van der Waals surface area contributed by atoms with Crippen molar-refractivity contribution in [1.82, 2.24) is 0 Å². The highest BCUT2D eigenvalue weighted by atomic mass is 16.6. The molecule has 1 aromatic rings. The number of carbonyl (C=O) groups is 1. The molecule has 2 N–H and O–H groups in total. The summed E-state index contributed by atoms with van der Waals surface area (Å²) in [7, 11) is 0. The molecule has 0 aliphatic heterocycles. The molecule has 0 amide bonds. The van der Waals surface area contributed by atoms with Crippen LogP contribution in [0.25, 0.3) is 0 Å². The average Bonchev–Trinajstić information content (AvgIpc) is 2.27. The summed E-state index contributed by atoms with van der Waals surface area (Å²) in [6.45, 7) is 5.26. The van der Waals surface area contributed by atoms with Crippen LogP contribution in [0.4, 0.5) is 5.69 Å². The summed E-state index contributed by atoms with van der Waals surface area (Å²) in [5.74, 6) is -0.515. The smallest absolute Gasteiger partial charge is 0.323 e. The summed E-state index contributed by atoms with van der Waals surface area (Å²) in [6, 6.07) is 5.22. The first-order valence-corrected chi connectivity index (χ1v) is 5.91. The highest BCUT2D eigenvalue weighted by Crippen LogP contribution is 2.15. The zero-order valence-electron chi connectivity index (χ0n) is 11.3. The van der Waals surface area contributed by atoms with Crippen molar-refractivity contribution in [1.29, 1.82) is 0 Å². The summed E-state index contributed by atoms with van der Waals surface area (Å²) in [6.07, 6.45) is 0.205. The second kappa shape index (κ2) is 5.79. The lowest BCUT2D eigenvalue weighted by atomic mass is 10.1. The fraction of sp³-hybridized carbons (Fsp3) is 0.462. The fourth-order valence-electron chi connectivity index (χ4n) is 1.51. The molecule has 0 aliphatic rings. The van der Waals surface area contributed by atoms with E-state index in [1.165, 1.54) is 12.1 Å². The molecule has 1 atom stereocenters. The van der Waals surface area contributed by atoms with E-state index in [9.17, 15) is 14.9 Å². The molecular formula is C13H18N2O4. The van der Waals surface area contributed by atoms with Crippen LogP contribution < -0.4 is 5.73 Å².